The van der Waals surface area contributed by atoms with Gasteiger partial charge in [0, 0.05) is 25.4 Å². The van der Waals surface area contributed by atoms with Gasteiger partial charge in [0.25, 0.3) is 0 Å². The Morgan fingerprint density at radius 3 is 2.71 bits per heavy atom. The molecule has 0 radical (unpaired) electrons. The maximum absolute atomic E-state index is 12.1. The Labute approximate surface area is 102 Å². The number of rotatable bonds is 1. The number of ketones is 1. The first-order chi connectivity index (χ1) is 7.89. The molecule has 0 bridgehead atoms. The van der Waals surface area contributed by atoms with Gasteiger partial charge in [-0.15, -0.1) is 0 Å². The van der Waals surface area contributed by atoms with Crippen LogP contribution in [0.3, 0.4) is 0 Å². The molecule has 0 aromatic rings. The van der Waals surface area contributed by atoms with Crippen molar-refractivity contribution in [2.45, 2.75) is 46.1 Å². The summed E-state index contributed by atoms with van der Waals surface area (Å²) >= 11 is 0. The van der Waals surface area contributed by atoms with E-state index in [4.69, 9.17) is 0 Å². The predicted molar refractivity (Wildman–Crippen MR) is 67.2 cm³/mol. The average molecular weight is 236 g/mol. The van der Waals surface area contributed by atoms with Crippen LogP contribution in [0.15, 0.2) is 16.3 Å². The van der Waals surface area contributed by atoms with Gasteiger partial charge >= 0.3 is 0 Å². The number of Topliss-reactive ketones (excluding diaryl/α,β-unsaturated/α-hetero) is 1. The molecule has 94 valence electrons. The third-order valence-corrected chi connectivity index (χ3v) is 3.30. The third-order valence-electron chi connectivity index (χ3n) is 3.30. The molecule has 0 aromatic carbocycles. The lowest BCUT2D eigenvalue weighted by Crippen LogP contribution is -2.42. The number of carbonyl (C=O) groups excluding carboxylic acids is 1. The molecule has 1 aliphatic heterocycles. The Bertz CT molecular complexity index is 408. The molecule has 1 aliphatic carbocycles. The van der Waals surface area contributed by atoms with Gasteiger partial charge in [0.1, 0.15) is 11.6 Å². The summed E-state index contributed by atoms with van der Waals surface area (Å²) in [5.74, 6) is 0.771. The van der Waals surface area contributed by atoms with Crippen molar-refractivity contribution in [3.63, 3.8) is 0 Å². The van der Waals surface area contributed by atoms with E-state index < -0.39 is 0 Å². The lowest BCUT2D eigenvalue weighted by molar-refractivity contribution is -0.118. The molecular weight excluding hydrogens is 216 g/mol. The van der Waals surface area contributed by atoms with Crippen molar-refractivity contribution in [2.24, 2.45) is 10.4 Å². The summed E-state index contributed by atoms with van der Waals surface area (Å²) in [7, 11) is 0. The number of nitrogens with one attached hydrogen (secondary N) is 1. The second-order valence-electron chi connectivity index (χ2n) is 5.83. The minimum Gasteiger partial charge on any atom is -0.511 e. The molecule has 0 fully saturated rings. The van der Waals surface area contributed by atoms with Crippen LogP contribution in [0.5, 0.6) is 0 Å². The van der Waals surface area contributed by atoms with E-state index in [2.05, 4.69) is 17.2 Å². The molecule has 0 saturated heterocycles. The van der Waals surface area contributed by atoms with E-state index in [0.29, 0.717) is 30.3 Å². The number of aliphatic imine (C=N–C) groups is 1. The normalized spacial score (nSPS) is 28.8. The van der Waals surface area contributed by atoms with Crippen LogP contribution >= 0.6 is 0 Å². The van der Waals surface area contributed by atoms with E-state index in [1.165, 1.54) is 0 Å². The number of nitrogens with zero attached hydrogens (tertiary/aromatic N) is 1. The Hall–Kier alpha value is -1.32. The van der Waals surface area contributed by atoms with E-state index in [1.807, 2.05) is 13.8 Å². The molecule has 0 amide bonds. The summed E-state index contributed by atoms with van der Waals surface area (Å²) in [6.07, 6.45) is 1.99. The van der Waals surface area contributed by atoms with Gasteiger partial charge in [-0.2, -0.15) is 0 Å². The zero-order chi connectivity index (χ0) is 12.6. The molecule has 1 atom stereocenters. The van der Waals surface area contributed by atoms with Crippen LogP contribution < -0.4 is 5.32 Å². The minimum absolute atomic E-state index is 0.000833. The van der Waals surface area contributed by atoms with Crippen molar-refractivity contribution >= 4 is 11.6 Å². The fourth-order valence-electron chi connectivity index (χ4n) is 2.43. The third kappa shape index (κ3) is 2.51. The highest BCUT2D eigenvalue weighted by atomic mass is 16.3. The molecular formula is C13H20N2O2. The maximum atomic E-state index is 12.1. The molecule has 1 heterocycles. The second-order valence-corrected chi connectivity index (χ2v) is 5.83. The monoisotopic (exact) mass is 236 g/mol. The molecule has 1 unspecified atom stereocenters. The minimum atomic E-state index is -0.147. The highest BCUT2D eigenvalue weighted by Crippen LogP contribution is 2.36. The Morgan fingerprint density at radius 2 is 2.12 bits per heavy atom. The first kappa shape index (κ1) is 12.1. The van der Waals surface area contributed by atoms with Crippen molar-refractivity contribution in [1.82, 2.24) is 5.32 Å². The van der Waals surface area contributed by atoms with E-state index in [9.17, 15) is 9.90 Å². The summed E-state index contributed by atoms with van der Waals surface area (Å²) < 4.78 is 0. The lowest BCUT2D eigenvalue weighted by Gasteiger charge is -2.31. The standard InChI is InChI=1S/C13H20N2O2/c1-8-4-5-14-12(15-8)11-9(16)6-13(2,3)7-10(11)17/h8,16H,4-7H2,1-3H3,(H,14,15). The summed E-state index contributed by atoms with van der Waals surface area (Å²) in [5, 5.41) is 13.2. The van der Waals surface area contributed by atoms with Crippen LogP contribution in [0.25, 0.3) is 0 Å². The number of hydrogen-bond donors (Lipinski definition) is 2. The van der Waals surface area contributed by atoms with Crippen LogP contribution in [0.4, 0.5) is 0 Å². The fourth-order valence-corrected chi connectivity index (χ4v) is 2.43. The van der Waals surface area contributed by atoms with Crippen molar-refractivity contribution in [3.05, 3.63) is 11.3 Å². The molecule has 4 heteroatoms. The van der Waals surface area contributed by atoms with Gasteiger partial charge in [0.05, 0.1) is 5.57 Å². The molecule has 0 saturated carbocycles. The van der Waals surface area contributed by atoms with Gasteiger partial charge in [-0.3, -0.25) is 9.79 Å². The summed E-state index contributed by atoms with van der Waals surface area (Å²) in [6, 6.07) is 0.311. The Morgan fingerprint density at radius 1 is 1.41 bits per heavy atom. The highest BCUT2D eigenvalue weighted by Gasteiger charge is 2.35. The van der Waals surface area contributed by atoms with Gasteiger partial charge < -0.3 is 10.4 Å². The van der Waals surface area contributed by atoms with E-state index in [0.717, 1.165) is 13.0 Å². The van der Waals surface area contributed by atoms with Crippen molar-refractivity contribution in [1.29, 1.82) is 0 Å². The smallest absolute Gasteiger partial charge is 0.170 e. The SMILES string of the molecule is CC1CCN=C(C2=C(O)CC(C)(C)CC2=O)N1. The maximum Gasteiger partial charge on any atom is 0.170 e. The number of aliphatic hydroxyl groups is 1. The quantitative estimate of drug-likeness (QED) is 0.731. The Balaban J connectivity index is 2.31. The van der Waals surface area contributed by atoms with Gasteiger partial charge in [-0.25, -0.2) is 0 Å². The van der Waals surface area contributed by atoms with Crippen LogP contribution in [0, 0.1) is 5.41 Å². The molecule has 2 aliphatic rings. The van der Waals surface area contributed by atoms with Crippen LogP contribution in [0.2, 0.25) is 0 Å². The zero-order valence-electron chi connectivity index (χ0n) is 10.7. The Kier molecular flexibility index (Phi) is 2.98. The van der Waals surface area contributed by atoms with Crippen molar-refractivity contribution < 1.29 is 9.90 Å². The zero-order valence-corrected chi connectivity index (χ0v) is 10.7. The fraction of sp³-hybridized carbons (Fsp3) is 0.692. The van der Waals surface area contributed by atoms with Crippen LogP contribution in [-0.4, -0.2) is 29.3 Å². The summed E-state index contributed by atoms with van der Waals surface area (Å²) in [6.45, 7) is 6.77. The lowest BCUT2D eigenvalue weighted by atomic mass is 9.76. The van der Waals surface area contributed by atoms with Gasteiger partial charge in [-0.05, 0) is 18.8 Å². The molecule has 2 N–H and O–H groups in total. The highest BCUT2D eigenvalue weighted by molar-refractivity contribution is 6.22. The van der Waals surface area contributed by atoms with Crippen molar-refractivity contribution in [2.75, 3.05) is 6.54 Å². The number of carbonyl (C=O) groups is 1. The number of amidine groups is 1. The molecule has 0 spiro atoms. The molecule has 17 heavy (non-hydrogen) atoms. The number of allylic oxidation sites excluding steroid dienone is 1. The van der Waals surface area contributed by atoms with Crippen LogP contribution in [0.1, 0.15) is 40.0 Å². The van der Waals surface area contributed by atoms with Gasteiger partial charge in [0.2, 0.25) is 0 Å². The largest absolute Gasteiger partial charge is 0.511 e. The van der Waals surface area contributed by atoms with E-state index >= 15 is 0 Å². The average Bonchev–Trinajstić information content (AvgIpc) is 2.13. The predicted octanol–water partition coefficient (Wildman–Crippen LogP) is 1.97. The summed E-state index contributed by atoms with van der Waals surface area (Å²) in [5.41, 5.74) is 0.266. The summed E-state index contributed by atoms with van der Waals surface area (Å²) in [4.78, 5) is 16.4. The number of hydrogen-bond acceptors (Lipinski definition) is 4. The topological polar surface area (TPSA) is 61.7 Å². The van der Waals surface area contributed by atoms with Crippen molar-refractivity contribution in [3.8, 4) is 0 Å². The van der Waals surface area contributed by atoms with E-state index in [1.54, 1.807) is 0 Å². The molecule has 0 aromatic heterocycles. The van der Waals surface area contributed by atoms with Crippen LogP contribution in [-0.2, 0) is 4.79 Å². The first-order valence-corrected chi connectivity index (χ1v) is 6.16. The van der Waals surface area contributed by atoms with E-state index in [-0.39, 0.29) is 17.0 Å². The number of aliphatic hydroxyl groups excluding tert-OH is 1. The first-order valence-electron chi connectivity index (χ1n) is 6.16. The molecule has 2 rings (SSSR count). The van der Waals surface area contributed by atoms with Gasteiger partial charge in [0.15, 0.2) is 5.78 Å². The van der Waals surface area contributed by atoms with Gasteiger partial charge in [-0.1, -0.05) is 13.8 Å². The second kappa shape index (κ2) is 4.17. The molecule has 4 nitrogen and oxygen atoms in total.